The van der Waals surface area contributed by atoms with Crippen LogP contribution in [0.25, 0.3) is 0 Å². The van der Waals surface area contributed by atoms with E-state index in [2.05, 4.69) is 12.2 Å². The van der Waals surface area contributed by atoms with Crippen LogP contribution in [0.2, 0.25) is 0 Å². The summed E-state index contributed by atoms with van der Waals surface area (Å²) < 4.78 is 11.8. The van der Waals surface area contributed by atoms with Gasteiger partial charge in [0.1, 0.15) is 0 Å². The SMILES string of the molecule is CC12CCC(C(=O)Nc3ccc(COC4CCCC4)cc3)(CO1)C2. The Labute approximate surface area is 143 Å². The molecule has 4 rings (SSSR count). The number of fused-ring (bicyclic) bond motifs is 2. The maximum absolute atomic E-state index is 12.7. The van der Waals surface area contributed by atoms with Gasteiger partial charge in [-0.25, -0.2) is 0 Å². The summed E-state index contributed by atoms with van der Waals surface area (Å²) >= 11 is 0. The minimum atomic E-state index is -0.320. The van der Waals surface area contributed by atoms with Crippen LogP contribution in [0.3, 0.4) is 0 Å². The summed E-state index contributed by atoms with van der Waals surface area (Å²) in [5, 5.41) is 3.08. The van der Waals surface area contributed by atoms with E-state index in [1.165, 1.54) is 25.7 Å². The van der Waals surface area contributed by atoms with Crippen molar-refractivity contribution in [2.45, 2.75) is 70.2 Å². The Bertz CT molecular complexity index is 596. The number of nitrogens with one attached hydrogen (secondary N) is 1. The van der Waals surface area contributed by atoms with E-state index in [0.717, 1.165) is 30.5 Å². The lowest BCUT2D eigenvalue weighted by molar-refractivity contribution is -0.127. The van der Waals surface area contributed by atoms with Gasteiger partial charge in [0.15, 0.2) is 0 Å². The number of hydrogen-bond donors (Lipinski definition) is 1. The first-order chi connectivity index (χ1) is 11.6. The van der Waals surface area contributed by atoms with E-state index in [1.807, 2.05) is 24.3 Å². The molecule has 2 unspecified atom stereocenters. The molecule has 1 N–H and O–H groups in total. The highest BCUT2D eigenvalue weighted by Gasteiger charge is 2.57. The van der Waals surface area contributed by atoms with E-state index in [0.29, 0.717) is 19.3 Å². The average molecular weight is 329 g/mol. The molecule has 1 aliphatic heterocycles. The predicted octanol–water partition coefficient (Wildman–Crippen LogP) is 4.04. The van der Waals surface area contributed by atoms with E-state index in [1.54, 1.807) is 0 Å². The second-order valence-corrected chi connectivity index (χ2v) is 8.06. The van der Waals surface area contributed by atoms with Crippen molar-refractivity contribution in [2.75, 3.05) is 11.9 Å². The summed E-state index contributed by atoms with van der Waals surface area (Å²) in [6.45, 7) is 3.34. The zero-order chi connectivity index (χ0) is 16.6. The number of carbonyl (C=O) groups is 1. The van der Waals surface area contributed by atoms with E-state index in [4.69, 9.17) is 9.47 Å². The van der Waals surface area contributed by atoms with Crippen molar-refractivity contribution >= 4 is 11.6 Å². The first kappa shape index (κ1) is 16.1. The molecule has 0 radical (unpaired) electrons. The number of carbonyl (C=O) groups excluding carboxylic acids is 1. The van der Waals surface area contributed by atoms with E-state index >= 15 is 0 Å². The molecule has 1 saturated heterocycles. The van der Waals surface area contributed by atoms with Gasteiger partial charge in [0.2, 0.25) is 5.91 Å². The van der Waals surface area contributed by atoms with Crippen LogP contribution in [0.1, 0.15) is 57.4 Å². The minimum absolute atomic E-state index is 0.0845. The molecule has 24 heavy (non-hydrogen) atoms. The normalized spacial score (nSPS) is 32.4. The summed E-state index contributed by atoms with van der Waals surface area (Å²) in [7, 11) is 0. The van der Waals surface area contributed by atoms with Gasteiger partial charge in [0.05, 0.1) is 30.3 Å². The fraction of sp³-hybridized carbons (Fsp3) is 0.650. The first-order valence-corrected chi connectivity index (χ1v) is 9.23. The summed E-state index contributed by atoms with van der Waals surface area (Å²) in [6, 6.07) is 8.05. The van der Waals surface area contributed by atoms with Gasteiger partial charge in [-0.2, -0.15) is 0 Å². The zero-order valence-corrected chi connectivity index (χ0v) is 14.5. The molecule has 130 valence electrons. The van der Waals surface area contributed by atoms with Crippen LogP contribution in [-0.4, -0.2) is 24.2 Å². The van der Waals surface area contributed by atoms with Crippen LogP contribution >= 0.6 is 0 Å². The molecule has 3 aliphatic rings. The van der Waals surface area contributed by atoms with Gasteiger partial charge in [-0.1, -0.05) is 25.0 Å². The lowest BCUT2D eigenvalue weighted by Gasteiger charge is -2.25. The summed E-state index contributed by atoms with van der Waals surface area (Å²) in [5.74, 6) is 0.110. The van der Waals surface area contributed by atoms with Gasteiger partial charge in [-0.3, -0.25) is 4.79 Å². The summed E-state index contributed by atoms with van der Waals surface area (Å²) in [4.78, 5) is 12.7. The molecular formula is C20H27NO3. The fourth-order valence-electron chi connectivity index (χ4n) is 4.43. The smallest absolute Gasteiger partial charge is 0.233 e. The van der Waals surface area contributed by atoms with Crippen molar-refractivity contribution < 1.29 is 14.3 Å². The highest BCUT2D eigenvalue weighted by molar-refractivity contribution is 5.96. The van der Waals surface area contributed by atoms with Crippen molar-refractivity contribution in [1.82, 2.24) is 0 Å². The van der Waals surface area contributed by atoms with E-state index in [-0.39, 0.29) is 16.9 Å². The predicted molar refractivity (Wildman–Crippen MR) is 92.8 cm³/mol. The molecule has 0 aromatic heterocycles. The molecule has 2 atom stereocenters. The third-order valence-corrected chi connectivity index (χ3v) is 6.02. The number of anilines is 1. The number of rotatable bonds is 5. The Hall–Kier alpha value is -1.39. The maximum atomic E-state index is 12.7. The number of hydrogen-bond acceptors (Lipinski definition) is 3. The molecule has 1 heterocycles. The lowest BCUT2D eigenvalue weighted by Crippen LogP contribution is -2.35. The number of benzene rings is 1. The molecule has 0 spiro atoms. The van der Waals surface area contributed by atoms with Crippen molar-refractivity contribution in [1.29, 1.82) is 0 Å². The largest absolute Gasteiger partial charge is 0.374 e. The number of ether oxygens (including phenoxy) is 2. The van der Waals surface area contributed by atoms with Gasteiger partial charge in [0, 0.05) is 5.69 Å². The first-order valence-electron chi connectivity index (χ1n) is 9.23. The highest BCUT2D eigenvalue weighted by Crippen LogP contribution is 2.53. The molecule has 2 bridgehead atoms. The van der Waals surface area contributed by atoms with Crippen LogP contribution in [0.4, 0.5) is 5.69 Å². The van der Waals surface area contributed by atoms with Gasteiger partial charge in [-0.05, 0) is 56.7 Å². The van der Waals surface area contributed by atoms with Crippen molar-refractivity contribution in [3.05, 3.63) is 29.8 Å². The molecule has 2 aliphatic carbocycles. The second-order valence-electron chi connectivity index (χ2n) is 8.06. The third-order valence-electron chi connectivity index (χ3n) is 6.02. The molecule has 4 heteroatoms. The average Bonchev–Trinajstić information content (AvgIpc) is 3.29. The Morgan fingerprint density at radius 3 is 2.58 bits per heavy atom. The molecular weight excluding hydrogens is 302 g/mol. The van der Waals surface area contributed by atoms with Crippen LogP contribution in [0.15, 0.2) is 24.3 Å². The summed E-state index contributed by atoms with van der Waals surface area (Å²) in [6.07, 6.45) is 8.16. The third kappa shape index (κ3) is 3.09. The molecule has 3 fully saturated rings. The number of amides is 1. The van der Waals surface area contributed by atoms with Gasteiger partial charge in [0.25, 0.3) is 0 Å². The Morgan fingerprint density at radius 2 is 2.00 bits per heavy atom. The van der Waals surface area contributed by atoms with Crippen LogP contribution in [-0.2, 0) is 20.9 Å². The molecule has 2 saturated carbocycles. The summed E-state index contributed by atoms with van der Waals surface area (Å²) in [5.41, 5.74) is 1.62. The molecule has 4 nitrogen and oxygen atoms in total. The standard InChI is InChI=1S/C20H27NO3/c1-19-10-11-20(13-19,14-24-19)18(22)21-16-8-6-15(7-9-16)12-23-17-4-2-3-5-17/h6-9,17H,2-5,10-14H2,1H3,(H,21,22). The van der Waals surface area contributed by atoms with E-state index < -0.39 is 0 Å². The molecule has 1 aromatic rings. The highest BCUT2D eigenvalue weighted by atomic mass is 16.5. The Morgan fingerprint density at radius 1 is 1.25 bits per heavy atom. The maximum Gasteiger partial charge on any atom is 0.233 e. The monoisotopic (exact) mass is 329 g/mol. The topological polar surface area (TPSA) is 47.6 Å². The van der Waals surface area contributed by atoms with Crippen molar-refractivity contribution in [3.8, 4) is 0 Å². The van der Waals surface area contributed by atoms with Gasteiger partial charge < -0.3 is 14.8 Å². The molecule has 1 aromatic carbocycles. The Balaban J connectivity index is 1.33. The van der Waals surface area contributed by atoms with Crippen LogP contribution in [0.5, 0.6) is 0 Å². The van der Waals surface area contributed by atoms with Crippen molar-refractivity contribution in [2.24, 2.45) is 5.41 Å². The van der Waals surface area contributed by atoms with Crippen LogP contribution < -0.4 is 5.32 Å². The van der Waals surface area contributed by atoms with Gasteiger partial charge >= 0.3 is 0 Å². The van der Waals surface area contributed by atoms with Crippen molar-refractivity contribution in [3.63, 3.8) is 0 Å². The lowest BCUT2D eigenvalue weighted by atomic mass is 9.86. The zero-order valence-electron chi connectivity index (χ0n) is 14.5. The van der Waals surface area contributed by atoms with Crippen LogP contribution in [0, 0.1) is 5.41 Å². The second kappa shape index (κ2) is 6.16. The van der Waals surface area contributed by atoms with Gasteiger partial charge in [-0.15, -0.1) is 0 Å². The van der Waals surface area contributed by atoms with E-state index in [9.17, 15) is 4.79 Å². The Kier molecular flexibility index (Phi) is 4.13. The fourth-order valence-corrected chi connectivity index (χ4v) is 4.43. The quantitative estimate of drug-likeness (QED) is 0.887. The minimum Gasteiger partial charge on any atom is -0.374 e. The molecule has 1 amide bonds.